The molecule has 0 saturated carbocycles. The summed E-state index contributed by atoms with van der Waals surface area (Å²) in [6, 6.07) is 0. The highest BCUT2D eigenvalue weighted by Crippen LogP contribution is 2.14. The first kappa shape index (κ1) is 22.3. The molecule has 0 bridgehead atoms. The lowest BCUT2D eigenvalue weighted by atomic mass is 10.1. The summed E-state index contributed by atoms with van der Waals surface area (Å²) in [6.07, 6.45) is 1.07. The van der Waals surface area contributed by atoms with Crippen molar-refractivity contribution < 1.29 is 13.2 Å². The molecule has 2 saturated heterocycles. The molecule has 2 fully saturated rings. The van der Waals surface area contributed by atoms with E-state index in [-0.39, 0.29) is 29.7 Å². The summed E-state index contributed by atoms with van der Waals surface area (Å²) in [5, 5.41) is 3.16. The van der Waals surface area contributed by atoms with Crippen molar-refractivity contribution in [3.05, 3.63) is 0 Å². The number of hydrogen-bond donors (Lipinski definition) is 1. The van der Waals surface area contributed by atoms with Gasteiger partial charge in [-0.1, -0.05) is 0 Å². The molecule has 0 aromatic carbocycles. The Bertz CT molecular complexity index is 492. The van der Waals surface area contributed by atoms with E-state index < -0.39 is 10.0 Å². The Morgan fingerprint density at radius 3 is 2.71 bits per heavy atom. The number of nitrogens with zero attached hydrogens (tertiary/aromatic N) is 3. The zero-order chi connectivity index (χ0) is 16.7. The summed E-state index contributed by atoms with van der Waals surface area (Å²) >= 11 is 1.81. The molecule has 10 heteroatoms. The highest BCUT2D eigenvalue weighted by atomic mass is 127. The van der Waals surface area contributed by atoms with Crippen LogP contribution in [0, 0.1) is 5.92 Å². The maximum absolute atomic E-state index is 12.3. The molecule has 0 aliphatic carbocycles. The summed E-state index contributed by atoms with van der Waals surface area (Å²) < 4.78 is 31.6. The maximum atomic E-state index is 12.3. The van der Waals surface area contributed by atoms with E-state index in [1.807, 2.05) is 23.7 Å². The van der Waals surface area contributed by atoms with Crippen LogP contribution in [0.4, 0.5) is 0 Å². The molecular formula is C14H29IN4O3S2. The minimum atomic E-state index is -3.17. The van der Waals surface area contributed by atoms with Crippen LogP contribution >= 0.6 is 35.7 Å². The average molecular weight is 492 g/mol. The number of rotatable bonds is 6. The Kier molecular flexibility index (Phi) is 10.2. The molecule has 0 aromatic rings. The van der Waals surface area contributed by atoms with Gasteiger partial charge in [0.2, 0.25) is 10.0 Å². The molecule has 24 heavy (non-hydrogen) atoms. The minimum Gasteiger partial charge on any atom is -0.381 e. The monoisotopic (exact) mass is 492 g/mol. The Morgan fingerprint density at radius 1 is 1.42 bits per heavy atom. The molecule has 2 rings (SSSR count). The fraction of sp³-hybridized carbons (Fsp3) is 0.929. The summed E-state index contributed by atoms with van der Waals surface area (Å²) in [5.74, 6) is 3.15. The Balaban J connectivity index is 0.00000288. The number of sulfonamides is 1. The van der Waals surface area contributed by atoms with Crippen molar-refractivity contribution in [2.75, 3.05) is 70.7 Å². The molecule has 2 aliphatic heterocycles. The van der Waals surface area contributed by atoms with Gasteiger partial charge in [-0.25, -0.2) is 12.7 Å². The van der Waals surface area contributed by atoms with E-state index >= 15 is 0 Å². The molecule has 1 atom stereocenters. The topological polar surface area (TPSA) is 74.2 Å². The Morgan fingerprint density at radius 2 is 2.12 bits per heavy atom. The average Bonchev–Trinajstić information content (AvgIpc) is 3.05. The highest BCUT2D eigenvalue weighted by Gasteiger charge is 2.24. The van der Waals surface area contributed by atoms with E-state index in [1.165, 1.54) is 0 Å². The van der Waals surface area contributed by atoms with Crippen LogP contribution in [0.25, 0.3) is 0 Å². The molecule has 1 N–H and O–H groups in total. The third-order valence-electron chi connectivity index (χ3n) is 4.14. The standard InChI is InChI=1S/C14H28N4O3S2.HI/c1-15-14(17(2)11-13-3-7-21-12-13)16-4-10-23(19,20)18-5-8-22-9-6-18;/h13H,3-12H2,1-2H3,(H,15,16);1H. The van der Waals surface area contributed by atoms with Crippen LogP contribution in [0.1, 0.15) is 6.42 Å². The van der Waals surface area contributed by atoms with Crippen LogP contribution in [0.2, 0.25) is 0 Å². The molecule has 2 aliphatic rings. The zero-order valence-corrected chi connectivity index (χ0v) is 18.4. The van der Waals surface area contributed by atoms with Gasteiger partial charge in [-0.05, 0) is 6.42 Å². The van der Waals surface area contributed by atoms with Gasteiger partial charge in [-0.2, -0.15) is 11.8 Å². The van der Waals surface area contributed by atoms with Crippen LogP contribution < -0.4 is 5.32 Å². The number of thioether (sulfide) groups is 1. The normalized spacial score (nSPS) is 22.9. The van der Waals surface area contributed by atoms with Crippen LogP contribution in [-0.2, 0) is 14.8 Å². The van der Waals surface area contributed by atoms with Crippen LogP contribution in [0.5, 0.6) is 0 Å². The van der Waals surface area contributed by atoms with Gasteiger partial charge in [0.15, 0.2) is 5.96 Å². The molecule has 0 spiro atoms. The van der Waals surface area contributed by atoms with Crippen molar-refractivity contribution >= 4 is 51.7 Å². The van der Waals surface area contributed by atoms with Crippen molar-refractivity contribution in [1.82, 2.24) is 14.5 Å². The lowest BCUT2D eigenvalue weighted by molar-refractivity contribution is 0.181. The number of nitrogens with one attached hydrogen (secondary N) is 1. The van der Waals surface area contributed by atoms with Crippen molar-refractivity contribution in [3.63, 3.8) is 0 Å². The minimum absolute atomic E-state index is 0. The predicted molar refractivity (Wildman–Crippen MR) is 111 cm³/mol. The first-order valence-electron chi connectivity index (χ1n) is 8.08. The van der Waals surface area contributed by atoms with Gasteiger partial charge in [0.25, 0.3) is 0 Å². The van der Waals surface area contributed by atoms with E-state index in [9.17, 15) is 8.42 Å². The van der Waals surface area contributed by atoms with Gasteiger partial charge in [-0.15, -0.1) is 24.0 Å². The van der Waals surface area contributed by atoms with Gasteiger partial charge in [-0.3, -0.25) is 4.99 Å². The predicted octanol–water partition coefficient (Wildman–Crippen LogP) is 0.527. The maximum Gasteiger partial charge on any atom is 0.215 e. The van der Waals surface area contributed by atoms with Crippen molar-refractivity contribution in [1.29, 1.82) is 0 Å². The molecule has 0 aromatic heterocycles. The van der Waals surface area contributed by atoms with Crippen molar-refractivity contribution in [2.45, 2.75) is 6.42 Å². The first-order valence-corrected chi connectivity index (χ1v) is 10.8. The fourth-order valence-electron chi connectivity index (χ4n) is 2.83. The molecule has 2 heterocycles. The van der Waals surface area contributed by atoms with Gasteiger partial charge < -0.3 is 15.0 Å². The third-order valence-corrected chi connectivity index (χ3v) is 6.95. The SMILES string of the molecule is CN=C(NCCS(=O)(=O)N1CCSCC1)N(C)CC1CCOC1.I. The Labute approximate surface area is 167 Å². The second kappa shape index (κ2) is 11.0. The molecule has 0 radical (unpaired) electrons. The first-order chi connectivity index (χ1) is 11.0. The number of hydrogen-bond acceptors (Lipinski definition) is 5. The fourth-order valence-corrected chi connectivity index (χ4v) is 5.32. The van der Waals surface area contributed by atoms with Gasteiger partial charge in [0.1, 0.15) is 0 Å². The van der Waals surface area contributed by atoms with Gasteiger partial charge in [0.05, 0.1) is 12.4 Å². The number of ether oxygens (including phenoxy) is 1. The van der Waals surface area contributed by atoms with Crippen LogP contribution in [0.15, 0.2) is 4.99 Å². The van der Waals surface area contributed by atoms with E-state index in [2.05, 4.69) is 10.3 Å². The number of guanidine groups is 1. The zero-order valence-electron chi connectivity index (χ0n) is 14.4. The number of aliphatic imine (C=N–C) groups is 1. The summed E-state index contributed by atoms with van der Waals surface area (Å²) in [7, 11) is 0.527. The van der Waals surface area contributed by atoms with Crippen molar-refractivity contribution in [3.8, 4) is 0 Å². The van der Waals surface area contributed by atoms with Gasteiger partial charge in [0, 0.05) is 64.3 Å². The van der Waals surface area contributed by atoms with Crippen LogP contribution in [-0.4, -0.2) is 94.3 Å². The highest BCUT2D eigenvalue weighted by molar-refractivity contribution is 14.0. The second-order valence-electron chi connectivity index (χ2n) is 5.91. The molecule has 0 amide bonds. The lowest BCUT2D eigenvalue weighted by Crippen LogP contribution is -2.45. The molecular weight excluding hydrogens is 463 g/mol. The molecule has 1 unspecified atom stereocenters. The van der Waals surface area contributed by atoms with E-state index in [1.54, 1.807) is 11.4 Å². The smallest absolute Gasteiger partial charge is 0.215 e. The van der Waals surface area contributed by atoms with Crippen LogP contribution in [0.3, 0.4) is 0 Å². The Hall–Kier alpha value is 0.220. The lowest BCUT2D eigenvalue weighted by Gasteiger charge is -2.27. The van der Waals surface area contributed by atoms with E-state index in [4.69, 9.17) is 4.74 Å². The summed E-state index contributed by atoms with van der Waals surface area (Å²) in [6.45, 7) is 4.13. The second-order valence-corrected chi connectivity index (χ2v) is 9.22. The molecule has 142 valence electrons. The quantitative estimate of drug-likeness (QED) is 0.331. The van der Waals surface area contributed by atoms with E-state index in [0.29, 0.717) is 25.6 Å². The summed E-state index contributed by atoms with van der Waals surface area (Å²) in [5.41, 5.74) is 0. The van der Waals surface area contributed by atoms with Crippen molar-refractivity contribution in [2.24, 2.45) is 10.9 Å². The van der Waals surface area contributed by atoms with E-state index in [0.717, 1.165) is 43.6 Å². The number of halogens is 1. The largest absolute Gasteiger partial charge is 0.381 e. The summed E-state index contributed by atoms with van der Waals surface area (Å²) in [4.78, 5) is 6.29. The third kappa shape index (κ3) is 6.85. The van der Waals surface area contributed by atoms with Gasteiger partial charge >= 0.3 is 0 Å². The molecule has 7 nitrogen and oxygen atoms in total.